The average molecular weight is 283 g/mol. The van der Waals surface area contributed by atoms with Crippen LogP contribution in [0.4, 0.5) is 9.18 Å². The van der Waals surface area contributed by atoms with Crippen LogP contribution in [0.25, 0.3) is 0 Å². The lowest BCUT2D eigenvalue weighted by atomic mass is 10.1. The van der Waals surface area contributed by atoms with E-state index in [9.17, 15) is 14.3 Å². The van der Waals surface area contributed by atoms with E-state index in [0.29, 0.717) is 0 Å². The molecule has 20 heavy (non-hydrogen) atoms. The van der Waals surface area contributed by atoms with E-state index < -0.39 is 24.4 Å². The Morgan fingerprint density at radius 2 is 2.15 bits per heavy atom. The fourth-order valence-corrected chi connectivity index (χ4v) is 2.36. The van der Waals surface area contributed by atoms with Crippen LogP contribution in [0.2, 0.25) is 0 Å². The number of hydrogen-bond donors (Lipinski definition) is 1. The molecule has 0 unspecified atom stereocenters. The predicted octanol–water partition coefficient (Wildman–Crippen LogP) is 1.35. The number of amides is 1. The van der Waals surface area contributed by atoms with Crippen LogP contribution in [0.15, 0.2) is 30.3 Å². The van der Waals surface area contributed by atoms with Crippen LogP contribution < -0.4 is 0 Å². The number of hydrogen-bond acceptors (Lipinski definition) is 4. The monoisotopic (exact) mass is 283 g/mol. The van der Waals surface area contributed by atoms with Crippen molar-refractivity contribution in [3.05, 3.63) is 35.9 Å². The third-order valence-corrected chi connectivity index (χ3v) is 3.41. The molecule has 6 heteroatoms. The lowest BCUT2D eigenvalue weighted by Gasteiger charge is -2.24. The van der Waals surface area contributed by atoms with E-state index in [1.807, 2.05) is 30.3 Å². The molecule has 5 nitrogen and oxygen atoms in total. The van der Waals surface area contributed by atoms with E-state index in [-0.39, 0.29) is 19.8 Å². The zero-order valence-corrected chi connectivity index (χ0v) is 11.2. The highest BCUT2D eigenvalue weighted by Crippen LogP contribution is 2.24. The van der Waals surface area contributed by atoms with Crippen LogP contribution in [0.1, 0.15) is 5.56 Å². The molecule has 0 spiro atoms. The van der Waals surface area contributed by atoms with Gasteiger partial charge in [0.15, 0.2) is 0 Å². The Bertz CT molecular complexity index is 442. The summed E-state index contributed by atoms with van der Waals surface area (Å²) < 4.78 is 23.8. The zero-order chi connectivity index (χ0) is 14.5. The fraction of sp³-hybridized carbons (Fsp3) is 0.500. The molecule has 1 saturated heterocycles. The summed E-state index contributed by atoms with van der Waals surface area (Å²) in [6, 6.07) is 8.50. The summed E-state index contributed by atoms with van der Waals surface area (Å²) in [5, 5.41) is 9.29. The van der Waals surface area contributed by atoms with Crippen molar-refractivity contribution in [2.24, 2.45) is 0 Å². The Hall–Kier alpha value is -1.66. The van der Waals surface area contributed by atoms with Crippen LogP contribution in [0, 0.1) is 0 Å². The maximum absolute atomic E-state index is 13.7. The number of nitrogens with zero attached hydrogens (tertiary/aromatic N) is 1. The molecule has 0 saturated carbocycles. The fourth-order valence-electron chi connectivity index (χ4n) is 2.36. The van der Waals surface area contributed by atoms with Gasteiger partial charge in [-0.1, -0.05) is 30.3 Å². The second kappa shape index (κ2) is 6.67. The van der Waals surface area contributed by atoms with E-state index in [0.717, 1.165) is 5.56 Å². The van der Waals surface area contributed by atoms with Gasteiger partial charge in [0.2, 0.25) is 0 Å². The summed E-state index contributed by atoms with van der Waals surface area (Å²) in [6.07, 6.45) is -2.78. The zero-order valence-electron chi connectivity index (χ0n) is 11.2. The van der Waals surface area contributed by atoms with E-state index in [4.69, 9.17) is 9.47 Å². The average Bonchev–Trinajstić information content (AvgIpc) is 2.81. The van der Waals surface area contributed by atoms with Crippen molar-refractivity contribution in [1.29, 1.82) is 0 Å². The van der Waals surface area contributed by atoms with Gasteiger partial charge in [-0.15, -0.1) is 0 Å². The third kappa shape index (κ3) is 3.08. The van der Waals surface area contributed by atoms with E-state index in [2.05, 4.69) is 0 Å². The first-order chi connectivity index (χ1) is 9.67. The molecular weight excluding hydrogens is 265 g/mol. The maximum atomic E-state index is 13.7. The van der Waals surface area contributed by atoms with Gasteiger partial charge in [0, 0.05) is 7.11 Å². The number of ether oxygens (including phenoxy) is 2. The molecule has 0 bridgehead atoms. The number of aliphatic hydroxyl groups excluding tert-OH is 1. The standard InChI is InChI=1S/C14H18FNO4/c1-19-13-11(15)7-16(12(13)8-17)14(18)20-9-10-5-3-2-4-6-10/h2-6,11-13,17H,7-9H2,1H3/t11-,12+,13+/m1/s1. The number of carbonyl (C=O) groups is 1. The first-order valence-electron chi connectivity index (χ1n) is 6.42. The largest absolute Gasteiger partial charge is 0.445 e. The highest BCUT2D eigenvalue weighted by atomic mass is 19.1. The molecule has 1 amide bonds. The third-order valence-electron chi connectivity index (χ3n) is 3.41. The summed E-state index contributed by atoms with van der Waals surface area (Å²) in [6.45, 7) is -0.375. The van der Waals surface area contributed by atoms with Crippen LogP contribution in [-0.2, 0) is 16.1 Å². The minimum atomic E-state index is -1.32. The number of benzene rings is 1. The quantitative estimate of drug-likeness (QED) is 0.906. The molecule has 1 N–H and O–H groups in total. The van der Waals surface area contributed by atoms with Crippen LogP contribution >= 0.6 is 0 Å². The molecule has 1 aliphatic heterocycles. The van der Waals surface area contributed by atoms with Gasteiger partial charge in [-0.05, 0) is 5.56 Å². The first kappa shape index (κ1) is 14.7. The van der Waals surface area contributed by atoms with Crippen molar-refractivity contribution in [2.45, 2.75) is 24.9 Å². The highest BCUT2D eigenvalue weighted by molar-refractivity contribution is 5.68. The van der Waals surface area contributed by atoms with Gasteiger partial charge in [0.05, 0.1) is 19.2 Å². The van der Waals surface area contributed by atoms with E-state index in [1.54, 1.807) is 0 Å². The second-order valence-corrected chi connectivity index (χ2v) is 4.66. The van der Waals surface area contributed by atoms with Gasteiger partial charge in [0.25, 0.3) is 0 Å². The molecule has 2 rings (SSSR count). The Morgan fingerprint density at radius 3 is 2.75 bits per heavy atom. The van der Waals surface area contributed by atoms with Crippen LogP contribution in [-0.4, -0.2) is 54.7 Å². The number of alkyl halides is 1. The minimum absolute atomic E-state index is 0.114. The van der Waals surface area contributed by atoms with Crippen molar-refractivity contribution in [3.63, 3.8) is 0 Å². The molecule has 1 fully saturated rings. The second-order valence-electron chi connectivity index (χ2n) is 4.66. The number of aliphatic hydroxyl groups is 1. The highest BCUT2D eigenvalue weighted by Gasteiger charge is 2.45. The normalized spacial score (nSPS) is 25.8. The first-order valence-corrected chi connectivity index (χ1v) is 6.42. The Morgan fingerprint density at radius 1 is 1.45 bits per heavy atom. The number of rotatable bonds is 4. The van der Waals surface area contributed by atoms with Gasteiger partial charge in [-0.25, -0.2) is 9.18 Å². The van der Waals surface area contributed by atoms with E-state index >= 15 is 0 Å². The molecule has 0 aliphatic carbocycles. The molecule has 0 aromatic heterocycles. The summed E-state index contributed by atoms with van der Waals surface area (Å²) in [7, 11) is 1.36. The number of carbonyl (C=O) groups excluding carboxylic acids is 1. The lowest BCUT2D eigenvalue weighted by molar-refractivity contribution is 0.0107. The summed E-state index contributed by atoms with van der Waals surface area (Å²) >= 11 is 0. The van der Waals surface area contributed by atoms with Crippen molar-refractivity contribution in [3.8, 4) is 0 Å². The smallest absolute Gasteiger partial charge is 0.410 e. The van der Waals surface area contributed by atoms with Gasteiger partial charge < -0.3 is 14.6 Å². The molecule has 1 aliphatic rings. The van der Waals surface area contributed by atoms with Gasteiger partial charge in [0.1, 0.15) is 18.9 Å². The number of methoxy groups -OCH3 is 1. The Balaban J connectivity index is 1.95. The number of likely N-dealkylation sites (tertiary alicyclic amines) is 1. The Kier molecular flexibility index (Phi) is 4.92. The molecule has 1 aromatic rings. The topological polar surface area (TPSA) is 59.0 Å². The molecule has 3 atom stereocenters. The summed E-state index contributed by atoms with van der Waals surface area (Å²) in [4.78, 5) is 13.1. The molecule has 0 radical (unpaired) electrons. The van der Waals surface area contributed by atoms with Gasteiger partial charge >= 0.3 is 6.09 Å². The van der Waals surface area contributed by atoms with Crippen LogP contribution in [0.5, 0.6) is 0 Å². The Labute approximate surface area is 116 Å². The predicted molar refractivity (Wildman–Crippen MR) is 69.9 cm³/mol. The molecule has 1 heterocycles. The van der Waals surface area contributed by atoms with Crippen molar-refractivity contribution in [1.82, 2.24) is 4.90 Å². The maximum Gasteiger partial charge on any atom is 0.410 e. The van der Waals surface area contributed by atoms with E-state index in [1.165, 1.54) is 12.0 Å². The molecule has 1 aromatic carbocycles. The molecule has 110 valence electrons. The van der Waals surface area contributed by atoms with Crippen molar-refractivity contribution >= 4 is 6.09 Å². The summed E-state index contributed by atoms with van der Waals surface area (Å²) in [5.74, 6) is 0. The SMILES string of the molecule is CO[C@H]1[C@H](F)CN(C(=O)OCc2ccccc2)[C@H]1CO. The van der Waals surface area contributed by atoms with Crippen molar-refractivity contribution < 1.29 is 23.8 Å². The number of halogens is 1. The lowest BCUT2D eigenvalue weighted by Crippen LogP contribution is -2.43. The van der Waals surface area contributed by atoms with Gasteiger partial charge in [-0.2, -0.15) is 0 Å². The molecular formula is C14H18FNO4. The van der Waals surface area contributed by atoms with Crippen LogP contribution in [0.3, 0.4) is 0 Å². The minimum Gasteiger partial charge on any atom is -0.445 e. The van der Waals surface area contributed by atoms with Crippen molar-refractivity contribution in [2.75, 3.05) is 20.3 Å². The van der Waals surface area contributed by atoms with Gasteiger partial charge in [-0.3, -0.25) is 4.90 Å². The summed E-state index contributed by atoms with van der Waals surface area (Å²) in [5.41, 5.74) is 0.848.